The van der Waals surface area contributed by atoms with Crippen molar-refractivity contribution in [2.24, 2.45) is 5.41 Å². The molecule has 3 rings (SSSR count). The molecular formula is C15H26N2O2. The molecule has 1 spiro atoms. The van der Waals surface area contributed by atoms with Crippen LogP contribution in [0, 0.1) is 5.41 Å². The molecule has 0 radical (unpaired) electrons. The fourth-order valence-electron chi connectivity index (χ4n) is 3.66. The number of rotatable bonds is 2. The summed E-state index contributed by atoms with van der Waals surface area (Å²) in [6.07, 6.45) is 7.30. The second-order valence-corrected chi connectivity index (χ2v) is 6.52. The molecule has 0 aromatic rings. The van der Waals surface area contributed by atoms with Crippen LogP contribution in [0.4, 0.5) is 0 Å². The lowest BCUT2D eigenvalue weighted by molar-refractivity contribution is -0.133. The summed E-state index contributed by atoms with van der Waals surface area (Å²) in [5.74, 6) is 0.346. The van der Waals surface area contributed by atoms with E-state index in [1.54, 1.807) is 0 Å². The maximum atomic E-state index is 12.2. The van der Waals surface area contributed by atoms with E-state index in [0.717, 1.165) is 39.4 Å². The fourth-order valence-corrected chi connectivity index (χ4v) is 3.66. The Hall–Kier alpha value is -0.610. The van der Waals surface area contributed by atoms with E-state index >= 15 is 0 Å². The number of hydrogen-bond donors (Lipinski definition) is 0. The van der Waals surface area contributed by atoms with E-state index in [1.807, 2.05) is 0 Å². The summed E-state index contributed by atoms with van der Waals surface area (Å²) in [5, 5.41) is 0. The molecule has 0 aromatic carbocycles. The van der Waals surface area contributed by atoms with Gasteiger partial charge in [-0.2, -0.15) is 0 Å². The highest BCUT2D eigenvalue weighted by atomic mass is 16.5. The van der Waals surface area contributed by atoms with E-state index in [4.69, 9.17) is 4.74 Å². The highest BCUT2D eigenvalue weighted by molar-refractivity contribution is 5.78. The summed E-state index contributed by atoms with van der Waals surface area (Å²) < 4.78 is 5.56. The summed E-state index contributed by atoms with van der Waals surface area (Å²) in [5.41, 5.74) is 0.449. The third-order valence-corrected chi connectivity index (χ3v) is 5.17. The van der Waals surface area contributed by atoms with Crippen molar-refractivity contribution in [1.29, 1.82) is 0 Å². The van der Waals surface area contributed by atoms with E-state index in [0.29, 0.717) is 17.9 Å². The number of carbonyl (C=O) groups is 1. The van der Waals surface area contributed by atoms with E-state index in [9.17, 15) is 4.79 Å². The van der Waals surface area contributed by atoms with E-state index < -0.39 is 0 Å². The summed E-state index contributed by atoms with van der Waals surface area (Å²) in [6, 6.07) is 0. The monoisotopic (exact) mass is 266 g/mol. The summed E-state index contributed by atoms with van der Waals surface area (Å²) in [7, 11) is 0. The van der Waals surface area contributed by atoms with E-state index in [2.05, 4.69) is 9.80 Å². The van der Waals surface area contributed by atoms with Gasteiger partial charge in [-0.05, 0) is 57.0 Å². The minimum absolute atomic E-state index is 0.346. The molecule has 0 saturated carbocycles. The molecule has 4 nitrogen and oxygen atoms in total. The van der Waals surface area contributed by atoms with Crippen LogP contribution in [0.25, 0.3) is 0 Å². The zero-order chi connectivity index (χ0) is 13.1. The molecule has 0 aliphatic carbocycles. The van der Waals surface area contributed by atoms with Gasteiger partial charge in [0.05, 0.1) is 13.2 Å². The van der Waals surface area contributed by atoms with Crippen molar-refractivity contribution in [1.82, 2.24) is 9.80 Å². The molecule has 3 aliphatic heterocycles. The van der Waals surface area contributed by atoms with Crippen LogP contribution in [0.3, 0.4) is 0 Å². The summed E-state index contributed by atoms with van der Waals surface area (Å²) in [4.78, 5) is 16.6. The first-order valence-electron chi connectivity index (χ1n) is 7.85. The topological polar surface area (TPSA) is 32.8 Å². The van der Waals surface area contributed by atoms with Crippen molar-refractivity contribution in [3.05, 3.63) is 0 Å². The number of carbonyl (C=O) groups excluding carboxylic acids is 1. The molecule has 3 fully saturated rings. The smallest absolute Gasteiger partial charge is 0.236 e. The molecule has 0 aromatic heterocycles. The average molecular weight is 266 g/mol. The van der Waals surface area contributed by atoms with Gasteiger partial charge in [-0.15, -0.1) is 0 Å². The van der Waals surface area contributed by atoms with Gasteiger partial charge in [0.1, 0.15) is 0 Å². The Morgan fingerprint density at radius 2 is 1.74 bits per heavy atom. The molecule has 3 aliphatic rings. The van der Waals surface area contributed by atoms with Crippen molar-refractivity contribution in [3.8, 4) is 0 Å². The molecule has 3 heterocycles. The molecule has 0 bridgehead atoms. The molecular weight excluding hydrogens is 240 g/mol. The van der Waals surface area contributed by atoms with Crippen LogP contribution in [-0.4, -0.2) is 61.6 Å². The minimum atomic E-state index is 0.346. The number of hydrogen-bond acceptors (Lipinski definition) is 3. The number of likely N-dealkylation sites (tertiary alicyclic amines) is 2. The van der Waals surface area contributed by atoms with Crippen LogP contribution in [0.15, 0.2) is 0 Å². The zero-order valence-electron chi connectivity index (χ0n) is 11.9. The predicted molar refractivity (Wildman–Crippen MR) is 74.0 cm³/mol. The molecule has 0 N–H and O–H groups in total. The van der Waals surface area contributed by atoms with Gasteiger partial charge >= 0.3 is 0 Å². The maximum Gasteiger partial charge on any atom is 0.236 e. The number of piperidine rings is 2. The van der Waals surface area contributed by atoms with Gasteiger partial charge in [0.15, 0.2) is 0 Å². The van der Waals surface area contributed by atoms with Crippen molar-refractivity contribution >= 4 is 5.91 Å². The van der Waals surface area contributed by atoms with Gasteiger partial charge in [-0.1, -0.05) is 0 Å². The SMILES string of the molecule is O=C(CN1CCC2(CCOC2)CC1)N1CCCCC1. The second-order valence-electron chi connectivity index (χ2n) is 6.52. The Morgan fingerprint density at radius 3 is 2.37 bits per heavy atom. The zero-order valence-corrected chi connectivity index (χ0v) is 11.9. The van der Waals surface area contributed by atoms with Crippen LogP contribution in [0.2, 0.25) is 0 Å². The van der Waals surface area contributed by atoms with Crippen LogP contribution in [0.1, 0.15) is 38.5 Å². The van der Waals surface area contributed by atoms with Gasteiger partial charge in [0.2, 0.25) is 5.91 Å². The molecule has 4 heteroatoms. The van der Waals surface area contributed by atoms with E-state index in [1.165, 1.54) is 38.5 Å². The quantitative estimate of drug-likeness (QED) is 0.759. The average Bonchev–Trinajstić information content (AvgIpc) is 2.91. The van der Waals surface area contributed by atoms with Gasteiger partial charge in [0.25, 0.3) is 0 Å². The van der Waals surface area contributed by atoms with Crippen molar-refractivity contribution < 1.29 is 9.53 Å². The first kappa shape index (κ1) is 13.4. The number of nitrogens with zero attached hydrogens (tertiary/aromatic N) is 2. The second kappa shape index (κ2) is 5.80. The Labute approximate surface area is 116 Å². The van der Waals surface area contributed by atoms with Crippen LogP contribution < -0.4 is 0 Å². The highest BCUT2D eigenvalue weighted by Gasteiger charge is 2.38. The van der Waals surface area contributed by atoms with Gasteiger partial charge < -0.3 is 9.64 Å². The fraction of sp³-hybridized carbons (Fsp3) is 0.933. The van der Waals surface area contributed by atoms with Crippen molar-refractivity contribution in [2.45, 2.75) is 38.5 Å². The van der Waals surface area contributed by atoms with Crippen LogP contribution >= 0.6 is 0 Å². The lowest BCUT2D eigenvalue weighted by Crippen LogP contribution is -2.47. The Bertz CT molecular complexity index is 310. The summed E-state index contributed by atoms with van der Waals surface area (Å²) in [6.45, 7) is 6.62. The third kappa shape index (κ3) is 3.11. The Balaban J connectivity index is 1.45. The van der Waals surface area contributed by atoms with Gasteiger partial charge in [0, 0.05) is 19.7 Å². The van der Waals surface area contributed by atoms with Gasteiger partial charge in [-0.25, -0.2) is 0 Å². The first-order chi connectivity index (χ1) is 9.27. The van der Waals surface area contributed by atoms with Gasteiger partial charge in [-0.3, -0.25) is 9.69 Å². The lowest BCUT2D eigenvalue weighted by Gasteiger charge is -2.39. The molecule has 1 amide bonds. The molecule has 0 unspecified atom stereocenters. The van der Waals surface area contributed by atoms with Crippen LogP contribution in [-0.2, 0) is 9.53 Å². The summed E-state index contributed by atoms with van der Waals surface area (Å²) >= 11 is 0. The lowest BCUT2D eigenvalue weighted by atomic mass is 9.78. The minimum Gasteiger partial charge on any atom is -0.381 e. The third-order valence-electron chi connectivity index (χ3n) is 5.17. The van der Waals surface area contributed by atoms with E-state index in [-0.39, 0.29) is 0 Å². The van der Waals surface area contributed by atoms with Crippen molar-refractivity contribution in [2.75, 3.05) is 45.9 Å². The largest absolute Gasteiger partial charge is 0.381 e. The molecule has 3 saturated heterocycles. The molecule has 0 atom stereocenters. The first-order valence-corrected chi connectivity index (χ1v) is 7.85. The molecule has 108 valence electrons. The Morgan fingerprint density at radius 1 is 1.00 bits per heavy atom. The Kier molecular flexibility index (Phi) is 4.08. The predicted octanol–water partition coefficient (Wildman–Crippen LogP) is 1.50. The normalized spacial score (nSPS) is 27.9. The number of ether oxygens (including phenoxy) is 1. The number of amides is 1. The standard InChI is InChI=1S/C15H26N2O2/c18-14(17-7-2-1-3-8-17)12-16-9-4-15(5-10-16)6-11-19-13-15/h1-13H2. The van der Waals surface area contributed by atoms with Crippen molar-refractivity contribution in [3.63, 3.8) is 0 Å². The maximum absolute atomic E-state index is 12.2. The van der Waals surface area contributed by atoms with Crippen LogP contribution in [0.5, 0.6) is 0 Å². The molecule has 19 heavy (non-hydrogen) atoms. The highest BCUT2D eigenvalue weighted by Crippen LogP contribution is 2.38.